The Morgan fingerprint density at radius 3 is 2.57 bits per heavy atom. The SMILES string of the molecule is COc1ccc(Br)c(CSc2ccc(NC(C)=O)cc2)c1. The van der Waals surface area contributed by atoms with E-state index in [-0.39, 0.29) is 5.91 Å². The van der Waals surface area contributed by atoms with Crippen molar-refractivity contribution in [1.82, 2.24) is 0 Å². The van der Waals surface area contributed by atoms with Crippen molar-refractivity contribution in [2.45, 2.75) is 17.6 Å². The lowest BCUT2D eigenvalue weighted by molar-refractivity contribution is -0.114. The first-order valence-electron chi connectivity index (χ1n) is 6.41. The van der Waals surface area contributed by atoms with Crippen LogP contribution in [0.3, 0.4) is 0 Å². The molecule has 0 aliphatic rings. The van der Waals surface area contributed by atoms with Crippen LogP contribution in [0.5, 0.6) is 5.75 Å². The zero-order valence-electron chi connectivity index (χ0n) is 11.9. The van der Waals surface area contributed by atoms with Crippen LogP contribution in [0.4, 0.5) is 5.69 Å². The van der Waals surface area contributed by atoms with Crippen molar-refractivity contribution in [1.29, 1.82) is 0 Å². The van der Waals surface area contributed by atoms with Crippen molar-refractivity contribution in [3.05, 3.63) is 52.5 Å². The number of thioether (sulfide) groups is 1. The van der Waals surface area contributed by atoms with Gasteiger partial charge in [0.05, 0.1) is 7.11 Å². The number of benzene rings is 2. The molecule has 0 spiro atoms. The molecule has 0 saturated heterocycles. The minimum absolute atomic E-state index is 0.0595. The summed E-state index contributed by atoms with van der Waals surface area (Å²) in [5.74, 6) is 1.64. The normalized spacial score (nSPS) is 10.2. The molecule has 0 atom stereocenters. The van der Waals surface area contributed by atoms with Gasteiger partial charge in [0.15, 0.2) is 0 Å². The molecule has 21 heavy (non-hydrogen) atoms. The second kappa shape index (κ2) is 7.52. The third-order valence-electron chi connectivity index (χ3n) is 2.82. The Bertz CT molecular complexity index is 629. The van der Waals surface area contributed by atoms with Crippen LogP contribution in [0.2, 0.25) is 0 Å². The molecule has 0 aliphatic heterocycles. The summed E-state index contributed by atoms with van der Waals surface area (Å²) in [4.78, 5) is 12.1. The Kier molecular flexibility index (Phi) is 5.70. The van der Waals surface area contributed by atoms with Gasteiger partial charge < -0.3 is 10.1 Å². The number of methoxy groups -OCH3 is 1. The van der Waals surface area contributed by atoms with E-state index in [1.54, 1.807) is 18.9 Å². The van der Waals surface area contributed by atoms with E-state index >= 15 is 0 Å². The highest BCUT2D eigenvalue weighted by atomic mass is 79.9. The van der Waals surface area contributed by atoms with E-state index in [1.165, 1.54) is 12.5 Å². The van der Waals surface area contributed by atoms with Crippen molar-refractivity contribution in [3.8, 4) is 5.75 Å². The van der Waals surface area contributed by atoms with Crippen LogP contribution in [-0.4, -0.2) is 13.0 Å². The van der Waals surface area contributed by atoms with Crippen LogP contribution < -0.4 is 10.1 Å². The molecule has 0 unspecified atom stereocenters. The lowest BCUT2D eigenvalue weighted by Crippen LogP contribution is -2.05. The highest BCUT2D eigenvalue weighted by Crippen LogP contribution is 2.30. The minimum Gasteiger partial charge on any atom is -0.497 e. The Morgan fingerprint density at radius 2 is 1.95 bits per heavy atom. The van der Waals surface area contributed by atoms with E-state index in [0.29, 0.717) is 0 Å². The Hall–Kier alpha value is -1.46. The monoisotopic (exact) mass is 365 g/mol. The maximum absolute atomic E-state index is 11.0. The highest BCUT2D eigenvalue weighted by molar-refractivity contribution is 9.10. The first-order valence-corrected chi connectivity index (χ1v) is 8.19. The zero-order chi connectivity index (χ0) is 15.2. The van der Waals surface area contributed by atoms with E-state index < -0.39 is 0 Å². The maximum atomic E-state index is 11.0. The first-order chi connectivity index (χ1) is 10.1. The lowest BCUT2D eigenvalue weighted by atomic mass is 10.2. The molecule has 0 saturated carbocycles. The predicted molar refractivity (Wildman–Crippen MR) is 91.0 cm³/mol. The van der Waals surface area contributed by atoms with Crippen LogP contribution in [0, 0.1) is 0 Å². The zero-order valence-corrected chi connectivity index (χ0v) is 14.3. The second-order valence-electron chi connectivity index (χ2n) is 4.45. The number of carbonyl (C=O) groups excluding carboxylic acids is 1. The van der Waals surface area contributed by atoms with E-state index in [9.17, 15) is 4.79 Å². The standard InChI is InChI=1S/C16H16BrNO2S/c1-11(19)18-13-3-6-15(7-4-13)21-10-12-9-14(20-2)5-8-16(12)17/h3-9H,10H2,1-2H3,(H,18,19). The molecule has 0 radical (unpaired) electrons. The summed E-state index contributed by atoms with van der Waals surface area (Å²) in [6.45, 7) is 1.50. The molecule has 1 amide bonds. The molecule has 3 nitrogen and oxygen atoms in total. The summed E-state index contributed by atoms with van der Waals surface area (Å²) in [6, 6.07) is 13.8. The maximum Gasteiger partial charge on any atom is 0.221 e. The molecule has 2 aromatic carbocycles. The molecule has 0 aliphatic carbocycles. The quantitative estimate of drug-likeness (QED) is 0.779. The fourth-order valence-corrected chi connectivity index (χ4v) is 3.25. The van der Waals surface area contributed by atoms with Gasteiger partial charge in [-0.3, -0.25) is 4.79 Å². The van der Waals surface area contributed by atoms with Crippen LogP contribution in [0.1, 0.15) is 12.5 Å². The van der Waals surface area contributed by atoms with Gasteiger partial charge in [-0.2, -0.15) is 0 Å². The summed E-state index contributed by atoms with van der Waals surface area (Å²) in [7, 11) is 1.67. The molecule has 110 valence electrons. The molecule has 2 aromatic rings. The average molecular weight is 366 g/mol. The van der Waals surface area contributed by atoms with Crippen LogP contribution in [-0.2, 0) is 10.5 Å². The highest BCUT2D eigenvalue weighted by Gasteiger charge is 2.04. The second-order valence-corrected chi connectivity index (χ2v) is 6.35. The van der Waals surface area contributed by atoms with E-state index in [1.807, 2.05) is 42.5 Å². The van der Waals surface area contributed by atoms with Gasteiger partial charge in [-0.25, -0.2) is 0 Å². The number of rotatable bonds is 5. The van der Waals surface area contributed by atoms with Crippen LogP contribution >= 0.6 is 27.7 Å². The van der Waals surface area contributed by atoms with Crippen molar-refractivity contribution in [2.24, 2.45) is 0 Å². The number of nitrogens with one attached hydrogen (secondary N) is 1. The fraction of sp³-hybridized carbons (Fsp3) is 0.188. The third-order valence-corrected chi connectivity index (χ3v) is 4.66. The smallest absolute Gasteiger partial charge is 0.221 e. The van der Waals surface area contributed by atoms with Gasteiger partial charge >= 0.3 is 0 Å². The number of anilines is 1. The summed E-state index contributed by atoms with van der Waals surface area (Å²) in [5, 5.41) is 2.76. The van der Waals surface area contributed by atoms with Gasteiger partial charge in [-0.15, -0.1) is 11.8 Å². The number of hydrogen-bond donors (Lipinski definition) is 1. The molecular formula is C16H16BrNO2S. The van der Waals surface area contributed by atoms with Gasteiger partial charge in [0.2, 0.25) is 5.91 Å². The molecule has 1 N–H and O–H groups in total. The van der Waals surface area contributed by atoms with E-state index in [4.69, 9.17) is 4.74 Å². The van der Waals surface area contributed by atoms with Crippen molar-refractivity contribution >= 4 is 39.3 Å². The van der Waals surface area contributed by atoms with Gasteiger partial charge in [0.25, 0.3) is 0 Å². The molecule has 0 heterocycles. The predicted octanol–water partition coefficient (Wildman–Crippen LogP) is 4.71. The van der Waals surface area contributed by atoms with Gasteiger partial charge in [0.1, 0.15) is 5.75 Å². The number of hydrogen-bond acceptors (Lipinski definition) is 3. The molecule has 2 rings (SSSR count). The van der Waals surface area contributed by atoms with Gasteiger partial charge in [0, 0.05) is 27.7 Å². The molecule has 0 aromatic heterocycles. The molecule has 5 heteroatoms. The van der Waals surface area contributed by atoms with Crippen LogP contribution in [0.25, 0.3) is 0 Å². The van der Waals surface area contributed by atoms with Gasteiger partial charge in [-0.05, 0) is 48.0 Å². The number of carbonyl (C=O) groups is 1. The van der Waals surface area contributed by atoms with E-state index in [2.05, 4.69) is 21.2 Å². The lowest BCUT2D eigenvalue weighted by Gasteiger charge is -2.08. The fourth-order valence-electron chi connectivity index (χ4n) is 1.79. The summed E-state index contributed by atoms with van der Waals surface area (Å²) >= 11 is 5.29. The Labute approximate surface area is 137 Å². The van der Waals surface area contributed by atoms with Gasteiger partial charge in [-0.1, -0.05) is 15.9 Å². The van der Waals surface area contributed by atoms with Crippen LogP contribution in [0.15, 0.2) is 51.8 Å². The third kappa shape index (κ3) is 4.79. The summed E-state index contributed by atoms with van der Waals surface area (Å²) in [6.07, 6.45) is 0. The van der Waals surface area contributed by atoms with Crippen molar-refractivity contribution in [2.75, 3.05) is 12.4 Å². The number of halogens is 1. The number of amides is 1. The largest absolute Gasteiger partial charge is 0.497 e. The minimum atomic E-state index is -0.0595. The summed E-state index contributed by atoms with van der Waals surface area (Å²) < 4.78 is 6.32. The van der Waals surface area contributed by atoms with Crippen molar-refractivity contribution in [3.63, 3.8) is 0 Å². The topological polar surface area (TPSA) is 38.3 Å². The Balaban J connectivity index is 2.01. The number of ether oxygens (including phenoxy) is 1. The first kappa shape index (κ1) is 15.9. The van der Waals surface area contributed by atoms with E-state index in [0.717, 1.165) is 26.6 Å². The van der Waals surface area contributed by atoms with Crippen molar-refractivity contribution < 1.29 is 9.53 Å². The summed E-state index contributed by atoms with van der Waals surface area (Å²) in [5.41, 5.74) is 2.00. The molecule has 0 fully saturated rings. The Morgan fingerprint density at radius 1 is 1.24 bits per heavy atom. The molecular weight excluding hydrogens is 350 g/mol. The molecule has 0 bridgehead atoms. The average Bonchev–Trinajstić information content (AvgIpc) is 2.47.